The molecule has 0 amide bonds. The van der Waals surface area contributed by atoms with E-state index in [1.165, 1.54) is 16.8 Å². The molecule has 0 spiro atoms. The minimum Gasteiger partial charge on any atom is -0.490 e. The molecule has 4 rings (SSSR count). The van der Waals surface area contributed by atoms with Crippen LogP contribution in [0.1, 0.15) is 26.5 Å². The highest BCUT2D eigenvalue weighted by Crippen LogP contribution is 2.35. The van der Waals surface area contributed by atoms with Crippen molar-refractivity contribution in [2.45, 2.75) is 33.6 Å². The molecule has 0 radical (unpaired) electrons. The number of nitrogens with one attached hydrogen (secondary N) is 2. The molecule has 0 saturated carbocycles. The molecule has 0 bridgehead atoms. The molecule has 4 aromatic heterocycles. The van der Waals surface area contributed by atoms with Gasteiger partial charge in [0.15, 0.2) is 11.5 Å². The molecule has 0 aromatic carbocycles. The van der Waals surface area contributed by atoms with Crippen LogP contribution in [0.3, 0.4) is 0 Å². The standard InChI is InChI=1S/C25H23F5N8O2/c1-4-32-23-34-18(25(28,29)30)10-19(36-23)35-20-8-15-7-14(5-6-38(15)37-20)16-9-21(40-22(26)27)33-11-17(16)39-13-24(2,3)12-31/h5-11,22H,4,13H2,1-3H3,(H2,32,34,35,36,37). The first kappa shape index (κ1) is 28.3. The molecule has 0 aliphatic carbocycles. The Hall–Kier alpha value is -4.74. The van der Waals surface area contributed by atoms with Crippen molar-refractivity contribution in [3.05, 3.63) is 48.4 Å². The molecule has 0 fully saturated rings. The third kappa shape index (κ3) is 6.82. The average Bonchev–Trinajstić information content (AvgIpc) is 3.28. The van der Waals surface area contributed by atoms with Gasteiger partial charge in [-0.2, -0.15) is 37.3 Å². The Morgan fingerprint density at radius 3 is 2.55 bits per heavy atom. The van der Waals surface area contributed by atoms with Gasteiger partial charge >= 0.3 is 12.8 Å². The summed E-state index contributed by atoms with van der Waals surface area (Å²) in [5.74, 6) is -0.245. The van der Waals surface area contributed by atoms with E-state index in [1.54, 1.807) is 45.2 Å². The molecule has 2 N–H and O–H groups in total. The summed E-state index contributed by atoms with van der Waals surface area (Å²) in [5, 5.41) is 19.0. The van der Waals surface area contributed by atoms with E-state index in [1.807, 2.05) is 0 Å². The fraction of sp³-hybridized carbons (Fsp3) is 0.320. The van der Waals surface area contributed by atoms with E-state index in [2.05, 4.69) is 41.5 Å². The average molecular weight is 563 g/mol. The molecule has 0 saturated heterocycles. The minimum absolute atomic E-state index is 0.00392. The van der Waals surface area contributed by atoms with Gasteiger partial charge in [-0.15, -0.1) is 0 Å². The normalized spacial score (nSPS) is 11.9. The van der Waals surface area contributed by atoms with E-state index in [-0.39, 0.29) is 35.8 Å². The van der Waals surface area contributed by atoms with Crippen molar-refractivity contribution in [1.29, 1.82) is 5.26 Å². The molecule has 0 aliphatic rings. The van der Waals surface area contributed by atoms with E-state index < -0.39 is 23.9 Å². The number of hydrogen-bond donors (Lipinski definition) is 2. The number of nitriles is 1. The third-order valence-electron chi connectivity index (χ3n) is 5.33. The monoisotopic (exact) mass is 562 g/mol. The molecule has 10 nitrogen and oxygen atoms in total. The number of ether oxygens (including phenoxy) is 2. The van der Waals surface area contributed by atoms with Crippen molar-refractivity contribution >= 4 is 23.1 Å². The van der Waals surface area contributed by atoms with Gasteiger partial charge in [-0.05, 0) is 38.5 Å². The summed E-state index contributed by atoms with van der Waals surface area (Å²) >= 11 is 0. The van der Waals surface area contributed by atoms with Gasteiger partial charge in [0.1, 0.15) is 18.2 Å². The molecular weight excluding hydrogens is 539 g/mol. The summed E-state index contributed by atoms with van der Waals surface area (Å²) in [4.78, 5) is 11.4. The van der Waals surface area contributed by atoms with Crippen molar-refractivity contribution in [2.24, 2.45) is 5.41 Å². The van der Waals surface area contributed by atoms with E-state index in [0.29, 0.717) is 23.2 Å². The van der Waals surface area contributed by atoms with Crippen LogP contribution in [0.5, 0.6) is 11.6 Å². The lowest BCUT2D eigenvalue weighted by molar-refractivity contribution is -0.141. The van der Waals surface area contributed by atoms with E-state index in [9.17, 15) is 27.2 Å². The summed E-state index contributed by atoms with van der Waals surface area (Å²) in [6.07, 6.45) is -1.89. The van der Waals surface area contributed by atoms with Crippen LogP contribution in [0, 0.1) is 16.7 Å². The Bertz CT molecular complexity index is 1550. The molecular formula is C25H23F5N8O2. The summed E-state index contributed by atoms with van der Waals surface area (Å²) < 4.78 is 77.3. The fourth-order valence-electron chi connectivity index (χ4n) is 3.46. The van der Waals surface area contributed by atoms with Gasteiger partial charge in [0.25, 0.3) is 0 Å². The lowest BCUT2D eigenvalue weighted by Crippen LogP contribution is -2.19. The number of pyridine rings is 2. The number of rotatable bonds is 10. The van der Waals surface area contributed by atoms with Crippen molar-refractivity contribution in [3.63, 3.8) is 0 Å². The second-order valence-electron chi connectivity index (χ2n) is 9.11. The third-order valence-corrected chi connectivity index (χ3v) is 5.33. The second kappa shape index (κ2) is 11.2. The van der Waals surface area contributed by atoms with Gasteiger partial charge in [0.05, 0.1) is 23.2 Å². The minimum atomic E-state index is -4.68. The van der Waals surface area contributed by atoms with Crippen LogP contribution >= 0.6 is 0 Å². The van der Waals surface area contributed by atoms with Crippen molar-refractivity contribution in [1.82, 2.24) is 24.6 Å². The predicted molar refractivity (Wildman–Crippen MR) is 134 cm³/mol. The Kier molecular flexibility index (Phi) is 7.89. The van der Waals surface area contributed by atoms with Gasteiger partial charge in [-0.25, -0.2) is 14.5 Å². The highest BCUT2D eigenvalue weighted by atomic mass is 19.4. The maximum atomic E-state index is 13.3. The second-order valence-corrected chi connectivity index (χ2v) is 9.11. The zero-order valence-corrected chi connectivity index (χ0v) is 21.4. The van der Waals surface area contributed by atoms with Crippen LogP contribution < -0.4 is 20.1 Å². The first-order valence-electron chi connectivity index (χ1n) is 11.8. The molecule has 210 valence electrons. The number of fused-ring (bicyclic) bond motifs is 1. The first-order chi connectivity index (χ1) is 18.9. The largest absolute Gasteiger partial charge is 0.490 e. The fourth-order valence-corrected chi connectivity index (χ4v) is 3.46. The number of aromatic nitrogens is 5. The summed E-state index contributed by atoms with van der Waals surface area (Å²) in [5.41, 5.74) is -0.572. The predicted octanol–water partition coefficient (Wildman–Crippen LogP) is 5.91. The molecule has 4 aromatic rings. The quantitative estimate of drug-likeness (QED) is 0.227. The SMILES string of the molecule is CCNc1nc(Nc2cc3cc(-c4cc(OC(F)F)ncc4OCC(C)(C)C#N)ccn3n2)cc(C(F)(F)F)n1. The zero-order chi connectivity index (χ0) is 29.1. The highest BCUT2D eigenvalue weighted by molar-refractivity contribution is 5.75. The van der Waals surface area contributed by atoms with Crippen LogP contribution in [-0.4, -0.2) is 44.3 Å². The smallest absolute Gasteiger partial charge is 0.433 e. The first-order valence-corrected chi connectivity index (χ1v) is 11.8. The zero-order valence-electron chi connectivity index (χ0n) is 21.4. The van der Waals surface area contributed by atoms with Crippen LogP contribution in [-0.2, 0) is 6.18 Å². The van der Waals surface area contributed by atoms with E-state index in [4.69, 9.17) is 4.74 Å². The van der Waals surface area contributed by atoms with Crippen LogP contribution in [0.2, 0.25) is 0 Å². The number of alkyl halides is 5. The summed E-state index contributed by atoms with van der Waals surface area (Å²) in [6.45, 7) is 2.28. The van der Waals surface area contributed by atoms with E-state index in [0.717, 1.165) is 6.07 Å². The van der Waals surface area contributed by atoms with Crippen LogP contribution in [0.25, 0.3) is 16.6 Å². The number of nitrogens with zero attached hydrogens (tertiary/aromatic N) is 6. The van der Waals surface area contributed by atoms with Gasteiger partial charge in [-0.3, -0.25) is 0 Å². The Morgan fingerprint density at radius 1 is 1.10 bits per heavy atom. The molecule has 0 unspecified atom stereocenters. The van der Waals surface area contributed by atoms with Gasteiger partial charge < -0.3 is 20.1 Å². The summed E-state index contributed by atoms with van der Waals surface area (Å²) in [7, 11) is 0. The molecule has 4 heterocycles. The molecule has 40 heavy (non-hydrogen) atoms. The molecule has 0 atom stereocenters. The number of hydrogen-bond acceptors (Lipinski definition) is 9. The van der Waals surface area contributed by atoms with Crippen LogP contribution in [0.4, 0.5) is 39.5 Å². The van der Waals surface area contributed by atoms with Crippen molar-refractivity contribution in [2.75, 3.05) is 23.8 Å². The molecule has 0 aliphatic heterocycles. The van der Waals surface area contributed by atoms with Gasteiger partial charge in [-0.1, -0.05) is 0 Å². The topological polar surface area (TPSA) is 122 Å². The van der Waals surface area contributed by atoms with Crippen molar-refractivity contribution < 1.29 is 31.4 Å². The lowest BCUT2D eigenvalue weighted by Gasteiger charge is -2.18. The Labute approximate surface area is 224 Å². The highest BCUT2D eigenvalue weighted by Gasteiger charge is 2.34. The van der Waals surface area contributed by atoms with Gasteiger partial charge in [0.2, 0.25) is 11.8 Å². The maximum absolute atomic E-state index is 13.3. The maximum Gasteiger partial charge on any atom is 0.433 e. The van der Waals surface area contributed by atoms with E-state index >= 15 is 0 Å². The summed E-state index contributed by atoms with van der Waals surface area (Å²) in [6, 6.07) is 9.01. The molecule has 15 heteroatoms. The van der Waals surface area contributed by atoms with Gasteiger partial charge in [0, 0.05) is 36.5 Å². The van der Waals surface area contributed by atoms with Crippen LogP contribution in [0.15, 0.2) is 42.7 Å². The number of halogens is 5. The number of anilines is 3. The lowest BCUT2D eigenvalue weighted by atomic mass is 9.97. The Morgan fingerprint density at radius 2 is 1.88 bits per heavy atom. The van der Waals surface area contributed by atoms with Crippen molar-refractivity contribution in [3.8, 4) is 28.8 Å². The Balaban J connectivity index is 1.68.